The predicted octanol–water partition coefficient (Wildman–Crippen LogP) is 1.04. The first-order valence-corrected chi connectivity index (χ1v) is 5.74. The van der Waals surface area contributed by atoms with Gasteiger partial charge in [-0.15, -0.1) is 0 Å². The Morgan fingerprint density at radius 2 is 2.14 bits per heavy atom. The van der Waals surface area contributed by atoms with Gasteiger partial charge in [-0.05, 0) is 35.4 Å². The molecule has 0 spiro atoms. The van der Waals surface area contributed by atoms with Crippen LogP contribution in [-0.4, -0.2) is 34.3 Å². The second-order valence-electron chi connectivity index (χ2n) is 3.44. The lowest BCUT2D eigenvalue weighted by Gasteiger charge is -2.29. The molecule has 1 fully saturated rings. The number of anilines is 1. The van der Waals surface area contributed by atoms with Crippen molar-refractivity contribution in [3.05, 3.63) is 16.0 Å². The van der Waals surface area contributed by atoms with Crippen molar-refractivity contribution in [2.75, 3.05) is 18.0 Å². The molecular weight excluding hydrogens is 293 g/mol. The van der Waals surface area contributed by atoms with E-state index < -0.39 is 0 Å². The summed E-state index contributed by atoms with van der Waals surface area (Å²) in [5.74, 6) is 0.726. The standard InChI is InChI=1S/C9H12IN3O/c10-7-4-11-9(12-5-7)13-3-1-2-8(14)6-13/h4-5,8,14H,1-3,6H2. The molecule has 1 aromatic heterocycles. The number of piperidine rings is 1. The molecule has 2 heterocycles. The van der Waals surface area contributed by atoms with Crippen LogP contribution < -0.4 is 4.90 Å². The lowest BCUT2D eigenvalue weighted by molar-refractivity contribution is 0.153. The maximum absolute atomic E-state index is 9.50. The van der Waals surface area contributed by atoms with E-state index in [9.17, 15) is 5.11 Å². The summed E-state index contributed by atoms with van der Waals surface area (Å²) in [6.07, 6.45) is 5.26. The van der Waals surface area contributed by atoms with E-state index in [1.165, 1.54) is 0 Å². The highest BCUT2D eigenvalue weighted by atomic mass is 127. The van der Waals surface area contributed by atoms with Crippen molar-refractivity contribution in [3.63, 3.8) is 0 Å². The molecule has 0 bridgehead atoms. The summed E-state index contributed by atoms with van der Waals surface area (Å²) in [6.45, 7) is 1.60. The van der Waals surface area contributed by atoms with Crippen LogP contribution in [0.4, 0.5) is 5.95 Å². The third-order valence-corrected chi connectivity index (χ3v) is 2.84. The first-order chi connectivity index (χ1) is 6.75. The molecule has 0 amide bonds. The fourth-order valence-electron chi connectivity index (χ4n) is 1.61. The van der Waals surface area contributed by atoms with Gasteiger partial charge in [0.2, 0.25) is 5.95 Å². The number of rotatable bonds is 1. The van der Waals surface area contributed by atoms with Crippen molar-refractivity contribution < 1.29 is 5.11 Å². The Morgan fingerprint density at radius 1 is 1.43 bits per heavy atom. The number of halogens is 1. The number of hydrogen-bond acceptors (Lipinski definition) is 4. The highest BCUT2D eigenvalue weighted by Gasteiger charge is 2.19. The van der Waals surface area contributed by atoms with E-state index in [1.807, 2.05) is 4.90 Å². The SMILES string of the molecule is OC1CCCN(c2ncc(I)cn2)C1. The van der Waals surface area contributed by atoms with E-state index in [0.717, 1.165) is 28.9 Å². The lowest BCUT2D eigenvalue weighted by atomic mass is 10.1. The summed E-state index contributed by atoms with van der Waals surface area (Å²) in [5, 5.41) is 9.50. The molecule has 0 saturated carbocycles. The Balaban J connectivity index is 2.10. The van der Waals surface area contributed by atoms with Gasteiger partial charge in [0.05, 0.1) is 6.10 Å². The molecule has 1 atom stereocenters. The molecule has 1 aromatic rings. The lowest BCUT2D eigenvalue weighted by Crippen LogP contribution is -2.39. The van der Waals surface area contributed by atoms with E-state index in [-0.39, 0.29) is 6.10 Å². The van der Waals surface area contributed by atoms with Gasteiger partial charge in [-0.3, -0.25) is 0 Å². The highest BCUT2D eigenvalue weighted by Crippen LogP contribution is 2.15. The maximum atomic E-state index is 9.50. The molecule has 1 N–H and O–H groups in total. The second-order valence-corrected chi connectivity index (χ2v) is 4.69. The number of hydrogen-bond donors (Lipinski definition) is 1. The van der Waals surface area contributed by atoms with Gasteiger partial charge in [-0.25, -0.2) is 9.97 Å². The van der Waals surface area contributed by atoms with Gasteiger partial charge in [0.25, 0.3) is 0 Å². The summed E-state index contributed by atoms with van der Waals surface area (Å²) in [4.78, 5) is 10.5. The maximum Gasteiger partial charge on any atom is 0.225 e. The summed E-state index contributed by atoms with van der Waals surface area (Å²) in [5.41, 5.74) is 0. The van der Waals surface area contributed by atoms with Crippen LogP contribution >= 0.6 is 22.6 Å². The van der Waals surface area contributed by atoms with E-state index >= 15 is 0 Å². The number of aliphatic hydroxyl groups excluding tert-OH is 1. The largest absolute Gasteiger partial charge is 0.391 e. The van der Waals surface area contributed by atoms with Gasteiger partial charge >= 0.3 is 0 Å². The third kappa shape index (κ3) is 2.33. The van der Waals surface area contributed by atoms with Gasteiger partial charge in [0.15, 0.2) is 0 Å². The van der Waals surface area contributed by atoms with Crippen LogP contribution in [0.2, 0.25) is 0 Å². The summed E-state index contributed by atoms with van der Waals surface area (Å²) >= 11 is 2.18. The molecule has 0 aliphatic carbocycles. The number of β-amino-alcohol motifs (C(OH)–C–C–N with tert-alkyl or cyclic N) is 1. The first-order valence-electron chi connectivity index (χ1n) is 4.66. The normalized spacial score (nSPS) is 22.4. The van der Waals surface area contributed by atoms with Crippen molar-refractivity contribution in [1.29, 1.82) is 0 Å². The summed E-state index contributed by atoms with van der Waals surface area (Å²) < 4.78 is 1.03. The van der Waals surface area contributed by atoms with Gasteiger partial charge in [0.1, 0.15) is 0 Å². The van der Waals surface area contributed by atoms with E-state index in [0.29, 0.717) is 6.54 Å². The van der Waals surface area contributed by atoms with Gasteiger partial charge < -0.3 is 10.0 Å². The molecular formula is C9H12IN3O. The zero-order valence-electron chi connectivity index (χ0n) is 7.73. The molecule has 14 heavy (non-hydrogen) atoms. The molecule has 1 saturated heterocycles. The van der Waals surface area contributed by atoms with Crippen LogP contribution in [0.3, 0.4) is 0 Å². The third-order valence-electron chi connectivity index (χ3n) is 2.29. The van der Waals surface area contributed by atoms with Crippen molar-refractivity contribution >= 4 is 28.5 Å². The topological polar surface area (TPSA) is 49.2 Å². The fraction of sp³-hybridized carbons (Fsp3) is 0.556. The van der Waals surface area contributed by atoms with Crippen LogP contribution in [0.15, 0.2) is 12.4 Å². The highest BCUT2D eigenvalue weighted by molar-refractivity contribution is 14.1. The van der Waals surface area contributed by atoms with Crippen LogP contribution in [0.1, 0.15) is 12.8 Å². The second kappa shape index (κ2) is 4.39. The number of nitrogens with zero attached hydrogens (tertiary/aromatic N) is 3. The van der Waals surface area contributed by atoms with Gasteiger partial charge in [0, 0.05) is 29.1 Å². The summed E-state index contributed by atoms with van der Waals surface area (Å²) in [6, 6.07) is 0. The average Bonchev–Trinajstić information content (AvgIpc) is 2.19. The first kappa shape index (κ1) is 10.1. The zero-order chi connectivity index (χ0) is 9.97. The van der Waals surface area contributed by atoms with E-state index in [2.05, 4.69) is 32.6 Å². The zero-order valence-corrected chi connectivity index (χ0v) is 9.88. The number of aliphatic hydroxyl groups is 1. The van der Waals surface area contributed by atoms with Gasteiger partial charge in [-0.2, -0.15) is 0 Å². The Bertz CT molecular complexity index is 303. The summed E-state index contributed by atoms with van der Waals surface area (Å²) in [7, 11) is 0. The van der Waals surface area contributed by atoms with Crippen molar-refractivity contribution in [2.24, 2.45) is 0 Å². The minimum absolute atomic E-state index is 0.230. The quantitative estimate of drug-likeness (QED) is 0.788. The van der Waals surface area contributed by atoms with Crippen LogP contribution in [0.5, 0.6) is 0 Å². The van der Waals surface area contributed by atoms with Crippen LogP contribution in [0.25, 0.3) is 0 Å². The van der Waals surface area contributed by atoms with Crippen molar-refractivity contribution in [2.45, 2.75) is 18.9 Å². The van der Waals surface area contributed by atoms with Crippen LogP contribution in [-0.2, 0) is 0 Å². The minimum Gasteiger partial charge on any atom is -0.391 e. The van der Waals surface area contributed by atoms with Crippen molar-refractivity contribution in [3.8, 4) is 0 Å². The number of aromatic nitrogens is 2. The molecule has 2 rings (SSSR count). The van der Waals surface area contributed by atoms with Crippen molar-refractivity contribution in [1.82, 2.24) is 9.97 Å². The monoisotopic (exact) mass is 305 g/mol. The Hall–Kier alpha value is -0.430. The minimum atomic E-state index is -0.230. The van der Waals surface area contributed by atoms with E-state index in [1.54, 1.807) is 12.4 Å². The van der Waals surface area contributed by atoms with E-state index in [4.69, 9.17) is 0 Å². The van der Waals surface area contributed by atoms with Gasteiger partial charge in [-0.1, -0.05) is 0 Å². The average molecular weight is 305 g/mol. The smallest absolute Gasteiger partial charge is 0.225 e. The Morgan fingerprint density at radius 3 is 2.79 bits per heavy atom. The molecule has 1 aliphatic heterocycles. The van der Waals surface area contributed by atoms with Crippen LogP contribution in [0, 0.1) is 3.57 Å². The molecule has 1 unspecified atom stereocenters. The predicted molar refractivity (Wildman–Crippen MR) is 62.2 cm³/mol. The molecule has 5 heteroatoms. The molecule has 0 aromatic carbocycles. The Labute approximate surface area is 96.5 Å². The fourth-order valence-corrected chi connectivity index (χ4v) is 1.88. The molecule has 1 aliphatic rings. The molecule has 76 valence electrons. The molecule has 0 radical (unpaired) electrons. The molecule has 4 nitrogen and oxygen atoms in total. The Kier molecular flexibility index (Phi) is 3.17.